The van der Waals surface area contributed by atoms with Crippen molar-refractivity contribution in [3.8, 4) is 0 Å². The molecule has 1 aromatic heterocycles. The summed E-state index contributed by atoms with van der Waals surface area (Å²) in [7, 11) is 0. The summed E-state index contributed by atoms with van der Waals surface area (Å²) in [5, 5.41) is 6.13. The molecular weight excluding hydrogens is 387 g/mol. The van der Waals surface area contributed by atoms with Gasteiger partial charge in [0, 0.05) is 35.8 Å². The molecule has 8 heteroatoms. The maximum absolute atomic E-state index is 13.5. The minimum Gasteiger partial charge on any atom is -0.361 e. The fraction of sp³-hybridized carbons (Fsp3) is 0.227. The van der Waals surface area contributed by atoms with Crippen molar-refractivity contribution in [1.82, 2.24) is 15.2 Å². The molecule has 0 spiro atoms. The molecule has 3 N–H and O–H groups in total. The van der Waals surface area contributed by atoms with E-state index in [1.54, 1.807) is 24.4 Å². The zero-order valence-electron chi connectivity index (χ0n) is 16.2. The van der Waals surface area contributed by atoms with E-state index < -0.39 is 12.1 Å². The molecule has 1 fully saturated rings. The second kappa shape index (κ2) is 8.36. The number of benzene rings is 2. The third-order valence-electron chi connectivity index (χ3n) is 5.16. The summed E-state index contributed by atoms with van der Waals surface area (Å²) in [6.45, 7) is 0.181. The lowest BCUT2D eigenvalue weighted by molar-refractivity contribution is -0.127. The molecular formula is C22H21FN4O3. The van der Waals surface area contributed by atoms with Gasteiger partial charge in [0.05, 0.1) is 0 Å². The Morgan fingerprint density at radius 3 is 2.73 bits per heavy atom. The van der Waals surface area contributed by atoms with E-state index in [1.165, 1.54) is 12.1 Å². The SMILES string of the molecule is O=C(CC[C@@H]1NC(=O)N(CCc2c[nH]c3ccc(F)cc23)C1=O)Nc1ccccc1. The Bertz CT molecular complexity index is 1100. The number of hydrogen-bond donors (Lipinski definition) is 3. The molecule has 30 heavy (non-hydrogen) atoms. The number of rotatable bonds is 7. The van der Waals surface area contributed by atoms with Crippen LogP contribution in [0.15, 0.2) is 54.7 Å². The van der Waals surface area contributed by atoms with E-state index >= 15 is 0 Å². The molecule has 1 atom stereocenters. The second-order valence-corrected chi connectivity index (χ2v) is 7.20. The largest absolute Gasteiger partial charge is 0.361 e. The highest BCUT2D eigenvalue weighted by molar-refractivity contribution is 6.04. The van der Waals surface area contributed by atoms with E-state index in [-0.39, 0.29) is 37.0 Å². The smallest absolute Gasteiger partial charge is 0.324 e. The van der Waals surface area contributed by atoms with Gasteiger partial charge >= 0.3 is 6.03 Å². The summed E-state index contributed by atoms with van der Waals surface area (Å²) in [6.07, 6.45) is 2.50. The first-order valence-electron chi connectivity index (χ1n) is 9.73. The quantitative estimate of drug-likeness (QED) is 0.524. The van der Waals surface area contributed by atoms with E-state index in [2.05, 4.69) is 15.6 Å². The fourth-order valence-electron chi connectivity index (χ4n) is 3.59. The van der Waals surface area contributed by atoms with Crippen molar-refractivity contribution >= 4 is 34.4 Å². The number of amides is 4. The Labute approximate surface area is 172 Å². The number of aromatic amines is 1. The number of carbonyl (C=O) groups excluding carboxylic acids is 3. The number of halogens is 1. The highest BCUT2D eigenvalue weighted by atomic mass is 19.1. The molecule has 0 aliphatic carbocycles. The molecule has 0 unspecified atom stereocenters. The number of nitrogens with zero attached hydrogens (tertiary/aromatic N) is 1. The van der Waals surface area contributed by atoms with Gasteiger partial charge in [-0.2, -0.15) is 0 Å². The molecule has 0 bridgehead atoms. The standard InChI is InChI=1S/C22H21FN4O3/c23-15-6-7-18-17(12-15)14(13-24-18)10-11-27-21(29)19(26-22(27)30)8-9-20(28)25-16-4-2-1-3-5-16/h1-7,12-13,19,24H,8-11H2,(H,25,28)(H,26,30)/t19-/m0/s1. The van der Waals surface area contributed by atoms with Crippen LogP contribution in [0.2, 0.25) is 0 Å². The molecule has 0 saturated carbocycles. The van der Waals surface area contributed by atoms with Crippen molar-refractivity contribution < 1.29 is 18.8 Å². The Morgan fingerprint density at radius 1 is 1.13 bits per heavy atom. The molecule has 1 aliphatic heterocycles. The predicted molar refractivity (Wildman–Crippen MR) is 110 cm³/mol. The van der Waals surface area contributed by atoms with Gasteiger partial charge in [-0.15, -0.1) is 0 Å². The maximum atomic E-state index is 13.5. The number of H-pyrrole nitrogens is 1. The number of para-hydroxylation sites is 1. The van der Waals surface area contributed by atoms with Gasteiger partial charge in [-0.05, 0) is 48.7 Å². The van der Waals surface area contributed by atoms with E-state index in [4.69, 9.17) is 0 Å². The minimum absolute atomic E-state index is 0.112. The summed E-state index contributed by atoms with van der Waals surface area (Å²) >= 11 is 0. The van der Waals surface area contributed by atoms with Crippen LogP contribution in [-0.4, -0.2) is 40.3 Å². The molecule has 1 saturated heterocycles. The highest BCUT2D eigenvalue weighted by Crippen LogP contribution is 2.21. The molecule has 3 aromatic rings. The molecule has 1 aliphatic rings. The number of nitrogens with one attached hydrogen (secondary N) is 3. The zero-order valence-corrected chi connectivity index (χ0v) is 16.2. The topological polar surface area (TPSA) is 94.3 Å². The van der Waals surface area contributed by atoms with E-state index in [0.29, 0.717) is 12.1 Å². The summed E-state index contributed by atoms with van der Waals surface area (Å²) in [6, 6.07) is 12.3. The molecule has 2 aromatic carbocycles. The first-order chi connectivity index (χ1) is 14.5. The van der Waals surface area contributed by atoms with E-state index in [9.17, 15) is 18.8 Å². The highest BCUT2D eigenvalue weighted by Gasteiger charge is 2.37. The van der Waals surface area contributed by atoms with Gasteiger partial charge < -0.3 is 15.6 Å². The van der Waals surface area contributed by atoms with Crippen LogP contribution in [0.5, 0.6) is 0 Å². The second-order valence-electron chi connectivity index (χ2n) is 7.20. The van der Waals surface area contributed by atoms with Crippen molar-refractivity contribution in [1.29, 1.82) is 0 Å². The number of fused-ring (bicyclic) bond motifs is 1. The summed E-state index contributed by atoms with van der Waals surface area (Å²) in [5.41, 5.74) is 2.31. The van der Waals surface area contributed by atoms with Gasteiger partial charge in [-0.3, -0.25) is 14.5 Å². The van der Waals surface area contributed by atoms with Crippen LogP contribution in [0.3, 0.4) is 0 Å². The number of carbonyl (C=O) groups is 3. The van der Waals surface area contributed by atoms with Crippen molar-refractivity contribution in [2.75, 3.05) is 11.9 Å². The molecule has 2 heterocycles. The average molecular weight is 408 g/mol. The van der Waals surface area contributed by atoms with Crippen LogP contribution >= 0.6 is 0 Å². The number of hydrogen-bond acceptors (Lipinski definition) is 3. The van der Waals surface area contributed by atoms with Crippen molar-refractivity contribution in [3.63, 3.8) is 0 Å². The Morgan fingerprint density at radius 2 is 1.93 bits per heavy atom. The third kappa shape index (κ3) is 4.17. The zero-order chi connectivity index (χ0) is 21.1. The van der Waals surface area contributed by atoms with Crippen LogP contribution in [0.25, 0.3) is 10.9 Å². The Balaban J connectivity index is 1.32. The lowest BCUT2D eigenvalue weighted by Gasteiger charge is -2.12. The maximum Gasteiger partial charge on any atom is 0.324 e. The molecule has 0 radical (unpaired) electrons. The van der Waals surface area contributed by atoms with Crippen molar-refractivity contribution in [3.05, 3.63) is 66.1 Å². The van der Waals surface area contributed by atoms with E-state index in [1.807, 2.05) is 18.2 Å². The number of anilines is 1. The van der Waals surface area contributed by atoms with Crippen LogP contribution < -0.4 is 10.6 Å². The molecule has 4 amide bonds. The summed E-state index contributed by atoms with van der Waals surface area (Å²) in [5.74, 6) is -0.909. The third-order valence-corrected chi connectivity index (χ3v) is 5.16. The van der Waals surface area contributed by atoms with Crippen LogP contribution in [0, 0.1) is 5.82 Å². The van der Waals surface area contributed by atoms with Gasteiger partial charge in [0.25, 0.3) is 5.91 Å². The fourth-order valence-corrected chi connectivity index (χ4v) is 3.59. The van der Waals surface area contributed by atoms with Gasteiger partial charge in [0.15, 0.2) is 0 Å². The molecule has 7 nitrogen and oxygen atoms in total. The first kappa shape index (κ1) is 19.6. The molecule has 154 valence electrons. The summed E-state index contributed by atoms with van der Waals surface area (Å²) < 4.78 is 13.5. The van der Waals surface area contributed by atoms with Gasteiger partial charge in [-0.25, -0.2) is 9.18 Å². The van der Waals surface area contributed by atoms with Crippen molar-refractivity contribution in [2.24, 2.45) is 0 Å². The Kier molecular flexibility index (Phi) is 5.47. The first-order valence-corrected chi connectivity index (χ1v) is 9.73. The number of urea groups is 1. The lowest BCUT2D eigenvalue weighted by atomic mass is 10.1. The van der Waals surface area contributed by atoms with Gasteiger partial charge in [-0.1, -0.05) is 18.2 Å². The van der Waals surface area contributed by atoms with Crippen LogP contribution in [-0.2, 0) is 16.0 Å². The summed E-state index contributed by atoms with van der Waals surface area (Å²) in [4.78, 5) is 41.1. The minimum atomic E-state index is -0.723. The predicted octanol–water partition coefficient (Wildman–Crippen LogP) is 3.19. The number of aromatic nitrogens is 1. The monoisotopic (exact) mass is 408 g/mol. The van der Waals surface area contributed by atoms with Crippen molar-refractivity contribution in [2.45, 2.75) is 25.3 Å². The number of imide groups is 1. The van der Waals surface area contributed by atoms with Crippen LogP contribution in [0.1, 0.15) is 18.4 Å². The van der Waals surface area contributed by atoms with E-state index in [0.717, 1.165) is 21.4 Å². The van der Waals surface area contributed by atoms with Crippen LogP contribution in [0.4, 0.5) is 14.9 Å². The lowest BCUT2D eigenvalue weighted by Crippen LogP contribution is -2.33. The molecule has 4 rings (SSSR count). The normalized spacial score (nSPS) is 16.2. The Hall–Kier alpha value is -3.68. The van der Waals surface area contributed by atoms with Gasteiger partial charge in [0.1, 0.15) is 11.9 Å². The van der Waals surface area contributed by atoms with Gasteiger partial charge in [0.2, 0.25) is 5.91 Å². The average Bonchev–Trinajstić information content (AvgIpc) is 3.25.